The molecule has 0 amide bonds. The van der Waals surface area contributed by atoms with Gasteiger partial charge in [0, 0.05) is 19.0 Å². The van der Waals surface area contributed by atoms with Crippen molar-refractivity contribution in [2.45, 2.75) is 31.7 Å². The van der Waals surface area contributed by atoms with Crippen molar-refractivity contribution in [2.24, 2.45) is 5.92 Å². The van der Waals surface area contributed by atoms with E-state index in [1.807, 2.05) is 26.1 Å². The van der Waals surface area contributed by atoms with Crippen LogP contribution in [-0.2, 0) is 9.53 Å². The number of benzene rings is 2. The second kappa shape index (κ2) is 8.22. The van der Waals surface area contributed by atoms with Gasteiger partial charge in [-0.3, -0.25) is 4.79 Å². The molecule has 30 heavy (non-hydrogen) atoms. The molecule has 0 radical (unpaired) electrons. The normalized spacial score (nSPS) is 21.0. The number of hydrogen-bond donors (Lipinski definition) is 0. The molecule has 1 heterocycles. The van der Waals surface area contributed by atoms with Crippen molar-refractivity contribution in [1.82, 2.24) is 4.98 Å². The number of fused-ring (bicyclic) bond motifs is 1. The second-order valence-corrected chi connectivity index (χ2v) is 8.86. The fourth-order valence-corrected chi connectivity index (χ4v) is 5.70. The van der Waals surface area contributed by atoms with E-state index in [0.29, 0.717) is 6.42 Å². The minimum Gasteiger partial charge on any atom is -0.495 e. The molecule has 0 N–H and O–H groups in total. The molecule has 0 aliphatic heterocycles. The lowest BCUT2D eigenvalue weighted by atomic mass is 9.86. The first-order valence-corrected chi connectivity index (χ1v) is 10.8. The van der Waals surface area contributed by atoms with Crippen molar-refractivity contribution >= 4 is 33.2 Å². The van der Waals surface area contributed by atoms with E-state index >= 15 is 0 Å². The van der Waals surface area contributed by atoms with Crippen LogP contribution in [0.25, 0.3) is 10.2 Å². The van der Waals surface area contributed by atoms with Gasteiger partial charge < -0.3 is 14.4 Å². The molecule has 1 fully saturated rings. The predicted octanol–water partition coefficient (Wildman–Crippen LogP) is 4.92. The lowest BCUT2D eigenvalue weighted by molar-refractivity contribution is -0.145. The van der Waals surface area contributed by atoms with Gasteiger partial charge in [-0.1, -0.05) is 12.1 Å². The summed E-state index contributed by atoms with van der Waals surface area (Å²) in [6, 6.07) is 10.4. The summed E-state index contributed by atoms with van der Waals surface area (Å²) in [5.74, 6) is -0.131. The number of methoxy groups -OCH3 is 2. The lowest BCUT2D eigenvalue weighted by Crippen LogP contribution is -2.36. The van der Waals surface area contributed by atoms with E-state index < -0.39 is 0 Å². The van der Waals surface area contributed by atoms with Crippen LogP contribution in [0.1, 0.15) is 29.3 Å². The fraction of sp³-hybridized carbons (Fsp3) is 0.391. The van der Waals surface area contributed by atoms with Crippen molar-refractivity contribution in [3.8, 4) is 5.75 Å². The van der Waals surface area contributed by atoms with E-state index in [4.69, 9.17) is 9.47 Å². The van der Waals surface area contributed by atoms with Gasteiger partial charge in [-0.25, -0.2) is 9.37 Å². The summed E-state index contributed by atoms with van der Waals surface area (Å²) < 4.78 is 25.4. The molecule has 1 aliphatic carbocycles. The maximum absolute atomic E-state index is 13.6. The Kier molecular flexibility index (Phi) is 5.64. The zero-order valence-corrected chi connectivity index (χ0v) is 18.3. The fourth-order valence-electron chi connectivity index (χ4n) is 4.70. The molecule has 3 aromatic rings. The first-order chi connectivity index (χ1) is 14.4. The van der Waals surface area contributed by atoms with E-state index in [9.17, 15) is 9.18 Å². The molecule has 2 aromatic carbocycles. The summed E-state index contributed by atoms with van der Waals surface area (Å²) in [4.78, 5) is 19.4. The highest BCUT2D eigenvalue weighted by atomic mass is 32.1. The average Bonchev–Trinajstić information content (AvgIpc) is 3.35. The molecular formula is C23H25FN2O3S. The molecule has 0 bridgehead atoms. The van der Waals surface area contributed by atoms with Gasteiger partial charge in [0.25, 0.3) is 0 Å². The number of carbonyl (C=O) groups excluding carboxylic acids is 1. The number of halogens is 1. The van der Waals surface area contributed by atoms with Gasteiger partial charge in [-0.2, -0.15) is 0 Å². The Bertz CT molecular complexity index is 1070. The van der Waals surface area contributed by atoms with Gasteiger partial charge in [0.15, 0.2) is 0 Å². The summed E-state index contributed by atoms with van der Waals surface area (Å²) in [6.07, 6.45) is 1.53. The maximum atomic E-state index is 13.6. The molecule has 158 valence electrons. The lowest BCUT2D eigenvalue weighted by Gasteiger charge is -2.34. The summed E-state index contributed by atoms with van der Waals surface area (Å²) >= 11 is 1.63. The first kappa shape index (κ1) is 20.6. The third-order valence-corrected chi connectivity index (χ3v) is 7.05. The van der Waals surface area contributed by atoms with Crippen LogP contribution < -0.4 is 9.64 Å². The predicted molar refractivity (Wildman–Crippen MR) is 117 cm³/mol. The number of nitrogens with zero attached hydrogens (tertiary/aromatic N) is 2. The number of carbonyl (C=O) groups is 1. The topological polar surface area (TPSA) is 51.7 Å². The van der Waals surface area contributed by atoms with Crippen LogP contribution in [0.2, 0.25) is 0 Å². The molecule has 3 unspecified atom stereocenters. The SMILES string of the molecule is COC(=O)C1CCC(N(C)c2c(OC)ccc3nc(C)sc23)C1c1ccc(F)cc1. The van der Waals surface area contributed by atoms with Crippen LogP contribution in [0, 0.1) is 18.7 Å². The summed E-state index contributed by atoms with van der Waals surface area (Å²) in [5, 5.41) is 0.988. The average molecular weight is 429 g/mol. The highest BCUT2D eigenvalue weighted by Crippen LogP contribution is 2.47. The summed E-state index contributed by atoms with van der Waals surface area (Å²) in [7, 11) is 5.12. The Hall–Kier alpha value is -2.67. The number of esters is 1. The van der Waals surface area contributed by atoms with Crippen molar-refractivity contribution in [3.05, 3.63) is 52.8 Å². The first-order valence-electron chi connectivity index (χ1n) is 9.94. The van der Waals surface area contributed by atoms with Crippen LogP contribution in [0.4, 0.5) is 10.1 Å². The highest BCUT2D eigenvalue weighted by Gasteiger charge is 2.44. The molecule has 1 saturated carbocycles. The second-order valence-electron chi connectivity index (χ2n) is 7.66. The van der Waals surface area contributed by atoms with E-state index in [-0.39, 0.29) is 29.7 Å². The number of rotatable bonds is 5. The molecule has 1 aromatic heterocycles. The molecule has 7 heteroatoms. The van der Waals surface area contributed by atoms with Crippen LogP contribution in [-0.4, -0.2) is 38.3 Å². The minimum absolute atomic E-state index is 0.0291. The number of likely N-dealkylation sites (N-methyl/N-ethyl adjacent to an activating group) is 1. The largest absolute Gasteiger partial charge is 0.495 e. The van der Waals surface area contributed by atoms with Crippen molar-refractivity contribution in [2.75, 3.05) is 26.2 Å². The van der Waals surface area contributed by atoms with Gasteiger partial charge in [-0.15, -0.1) is 11.3 Å². The molecule has 1 aliphatic rings. The standard InChI is InChI=1S/C23H25FN2O3S/c1-13-25-17-10-12-19(28-3)21(22(17)30-13)26(2)18-11-9-16(23(27)29-4)20(18)14-5-7-15(24)8-6-14/h5-8,10,12,16,18,20H,9,11H2,1-4H3. The number of hydrogen-bond acceptors (Lipinski definition) is 6. The molecule has 0 spiro atoms. The van der Waals surface area contributed by atoms with Crippen molar-refractivity contribution in [1.29, 1.82) is 0 Å². The van der Waals surface area contributed by atoms with Crippen LogP contribution >= 0.6 is 11.3 Å². The Morgan fingerprint density at radius 1 is 1.17 bits per heavy atom. The van der Waals surface area contributed by atoms with Gasteiger partial charge in [-0.05, 0) is 49.6 Å². The van der Waals surface area contributed by atoms with Crippen LogP contribution in [0.3, 0.4) is 0 Å². The van der Waals surface area contributed by atoms with Crippen LogP contribution in [0.15, 0.2) is 36.4 Å². The van der Waals surface area contributed by atoms with Crippen molar-refractivity contribution in [3.63, 3.8) is 0 Å². The summed E-state index contributed by atoms with van der Waals surface area (Å²) in [5.41, 5.74) is 2.84. The maximum Gasteiger partial charge on any atom is 0.309 e. The van der Waals surface area contributed by atoms with Gasteiger partial charge in [0.1, 0.15) is 11.6 Å². The molecule has 4 rings (SSSR count). The van der Waals surface area contributed by atoms with E-state index in [1.54, 1.807) is 30.6 Å². The quantitative estimate of drug-likeness (QED) is 0.540. The number of aromatic nitrogens is 1. The Morgan fingerprint density at radius 3 is 2.57 bits per heavy atom. The third kappa shape index (κ3) is 3.51. The van der Waals surface area contributed by atoms with E-state index in [2.05, 4.69) is 9.88 Å². The summed E-state index contributed by atoms with van der Waals surface area (Å²) in [6.45, 7) is 1.99. The Morgan fingerprint density at radius 2 is 1.90 bits per heavy atom. The minimum atomic E-state index is -0.289. The van der Waals surface area contributed by atoms with Gasteiger partial charge in [0.2, 0.25) is 0 Å². The van der Waals surface area contributed by atoms with E-state index in [1.165, 1.54) is 19.2 Å². The van der Waals surface area contributed by atoms with E-state index in [0.717, 1.165) is 38.6 Å². The highest BCUT2D eigenvalue weighted by molar-refractivity contribution is 7.19. The Labute approximate surface area is 179 Å². The molecular weight excluding hydrogens is 403 g/mol. The zero-order chi connectivity index (χ0) is 21.4. The molecule has 5 nitrogen and oxygen atoms in total. The zero-order valence-electron chi connectivity index (χ0n) is 17.5. The monoisotopic (exact) mass is 428 g/mol. The number of thiazole rings is 1. The van der Waals surface area contributed by atoms with Gasteiger partial charge >= 0.3 is 5.97 Å². The number of ether oxygens (including phenoxy) is 2. The number of anilines is 1. The Balaban J connectivity index is 1.81. The molecule has 0 saturated heterocycles. The third-order valence-electron chi connectivity index (χ3n) is 6.05. The number of aryl methyl sites for hydroxylation is 1. The smallest absolute Gasteiger partial charge is 0.309 e. The van der Waals surface area contributed by atoms with Gasteiger partial charge in [0.05, 0.1) is 41.0 Å². The van der Waals surface area contributed by atoms with Crippen LogP contribution in [0.5, 0.6) is 5.75 Å². The molecule has 3 atom stereocenters. The van der Waals surface area contributed by atoms with Crippen molar-refractivity contribution < 1.29 is 18.7 Å².